The minimum atomic E-state index is -3.34. The highest BCUT2D eigenvalue weighted by molar-refractivity contribution is 7.66. The SMILES string of the molecule is CCP(=O)(O)c1cccc(C(=O)OC2CCCCC2)c1. The molecular weight excluding hydrogens is 275 g/mol. The molecule has 1 unspecified atom stereocenters. The molecular formula is C15H21O4P. The minimum absolute atomic E-state index is 0.00740. The molecule has 1 aromatic rings. The molecule has 0 radical (unpaired) electrons. The van der Waals surface area contributed by atoms with E-state index in [1.165, 1.54) is 12.5 Å². The van der Waals surface area contributed by atoms with Crippen molar-refractivity contribution in [1.29, 1.82) is 0 Å². The summed E-state index contributed by atoms with van der Waals surface area (Å²) in [6.45, 7) is 1.66. The zero-order valence-electron chi connectivity index (χ0n) is 11.7. The van der Waals surface area contributed by atoms with Crippen LogP contribution < -0.4 is 5.30 Å². The number of carbonyl (C=O) groups is 1. The average Bonchev–Trinajstić information content (AvgIpc) is 2.48. The quantitative estimate of drug-likeness (QED) is 0.685. The Morgan fingerprint density at radius 2 is 2.05 bits per heavy atom. The lowest BCUT2D eigenvalue weighted by molar-refractivity contribution is 0.0211. The predicted octanol–water partition coefficient (Wildman–Crippen LogP) is 3.09. The van der Waals surface area contributed by atoms with Gasteiger partial charge in [0.25, 0.3) is 0 Å². The Hall–Kier alpha value is -1.12. The second kappa shape index (κ2) is 6.55. The van der Waals surface area contributed by atoms with Gasteiger partial charge in [0.05, 0.1) is 5.56 Å². The van der Waals surface area contributed by atoms with Crippen LogP contribution in [-0.4, -0.2) is 23.1 Å². The fourth-order valence-electron chi connectivity index (χ4n) is 2.44. The van der Waals surface area contributed by atoms with E-state index in [9.17, 15) is 14.3 Å². The van der Waals surface area contributed by atoms with Gasteiger partial charge in [0.2, 0.25) is 7.37 Å². The van der Waals surface area contributed by atoms with Gasteiger partial charge in [-0.05, 0) is 43.9 Å². The summed E-state index contributed by atoms with van der Waals surface area (Å²) >= 11 is 0. The van der Waals surface area contributed by atoms with Crippen molar-refractivity contribution in [2.45, 2.75) is 45.1 Å². The summed E-state index contributed by atoms with van der Waals surface area (Å²) in [5.41, 5.74) is 0.357. The van der Waals surface area contributed by atoms with E-state index in [0.717, 1.165) is 25.7 Å². The summed E-state index contributed by atoms with van der Waals surface area (Å²) in [5.74, 6) is -0.394. The highest BCUT2D eigenvalue weighted by Gasteiger charge is 2.22. The highest BCUT2D eigenvalue weighted by Crippen LogP contribution is 2.38. The molecule has 0 heterocycles. The maximum Gasteiger partial charge on any atom is 0.338 e. The van der Waals surface area contributed by atoms with Crippen LogP contribution in [0.15, 0.2) is 24.3 Å². The van der Waals surface area contributed by atoms with E-state index in [0.29, 0.717) is 10.9 Å². The van der Waals surface area contributed by atoms with Crippen LogP contribution >= 0.6 is 7.37 Å². The summed E-state index contributed by atoms with van der Waals surface area (Å²) in [4.78, 5) is 21.9. The maximum atomic E-state index is 12.1. The fourth-order valence-corrected chi connectivity index (χ4v) is 3.46. The molecule has 0 aromatic heterocycles. The van der Waals surface area contributed by atoms with Crippen LogP contribution in [0.2, 0.25) is 0 Å². The number of hydrogen-bond acceptors (Lipinski definition) is 3. The number of ether oxygens (including phenoxy) is 1. The van der Waals surface area contributed by atoms with Gasteiger partial charge >= 0.3 is 5.97 Å². The Balaban J connectivity index is 2.10. The minimum Gasteiger partial charge on any atom is -0.459 e. The largest absolute Gasteiger partial charge is 0.459 e. The Bertz CT molecular complexity index is 520. The first-order valence-corrected chi connectivity index (χ1v) is 9.01. The molecule has 1 aliphatic rings. The first-order valence-electron chi connectivity index (χ1n) is 7.16. The van der Waals surface area contributed by atoms with Crippen molar-refractivity contribution in [2.24, 2.45) is 0 Å². The van der Waals surface area contributed by atoms with Gasteiger partial charge in [-0.25, -0.2) is 4.79 Å². The molecule has 1 atom stereocenters. The molecule has 0 amide bonds. The lowest BCUT2D eigenvalue weighted by Gasteiger charge is -2.22. The van der Waals surface area contributed by atoms with Gasteiger partial charge in [-0.15, -0.1) is 0 Å². The summed E-state index contributed by atoms with van der Waals surface area (Å²) in [6.07, 6.45) is 5.38. The third kappa shape index (κ3) is 3.71. The van der Waals surface area contributed by atoms with E-state index < -0.39 is 13.3 Å². The molecule has 110 valence electrons. The van der Waals surface area contributed by atoms with Gasteiger partial charge in [-0.3, -0.25) is 4.57 Å². The first-order chi connectivity index (χ1) is 9.53. The summed E-state index contributed by atoms with van der Waals surface area (Å²) in [7, 11) is -3.34. The first kappa shape index (κ1) is 15.3. The Morgan fingerprint density at radius 3 is 2.70 bits per heavy atom. The summed E-state index contributed by atoms with van der Waals surface area (Å²) < 4.78 is 17.4. The zero-order valence-corrected chi connectivity index (χ0v) is 12.6. The van der Waals surface area contributed by atoms with Gasteiger partial charge in [0, 0.05) is 11.5 Å². The Labute approximate surface area is 119 Å². The summed E-state index contributed by atoms with van der Waals surface area (Å²) in [6, 6.07) is 6.33. The van der Waals surface area contributed by atoms with Crippen molar-refractivity contribution in [3.05, 3.63) is 29.8 Å². The van der Waals surface area contributed by atoms with Crippen molar-refractivity contribution < 1.29 is 19.0 Å². The van der Waals surface area contributed by atoms with Gasteiger partial charge in [0.15, 0.2) is 0 Å². The normalized spacial score (nSPS) is 19.3. The molecule has 4 nitrogen and oxygen atoms in total. The van der Waals surface area contributed by atoms with Crippen LogP contribution in [0.25, 0.3) is 0 Å². The van der Waals surface area contributed by atoms with Crippen LogP contribution in [0.5, 0.6) is 0 Å². The number of rotatable bonds is 4. The Morgan fingerprint density at radius 1 is 1.35 bits per heavy atom. The van der Waals surface area contributed by atoms with Crippen molar-refractivity contribution in [2.75, 3.05) is 6.16 Å². The zero-order chi connectivity index (χ0) is 14.6. The lowest BCUT2D eigenvalue weighted by atomic mass is 9.98. The van der Waals surface area contributed by atoms with E-state index in [-0.39, 0.29) is 12.3 Å². The lowest BCUT2D eigenvalue weighted by Crippen LogP contribution is -2.21. The average molecular weight is 296 g/mol. The molecule has 0 saturated heterocycles. The smallest absolute Gasteiger partial charge is 0.338 e. The fraction of sp³-hybridized carbons (Fsp3) is 0.533. The van der Waals surface area contributed by atoms with E-state index in [1.807, 2.05) is 0 Å². The van der Waals surface area contributed by atoms with Crippen molar-refractivity contribution >= 4 is 18.6 Å². The molecule has 1 fully saturated rings. The predicted molar refractivity (Wildman–Crippen MR) is 78.7 cm³/mol. The molecule has 1 aliphatic carbocycles. The van der Waals surface area contributed by atoms with Crippen LogP contribution in [0.1, 0.15) is 49.4 Å². The molecule has 0 bridgehead atoms. The summed E-state index contributed by atoms with van der Waals surface area (Å²) in [5, 5.41) is 0.318. The van der Waals surface area contributed by atoms with Crippen molar-refractivity contribution in [3.8, 4) is 0 Å². The standard InChI is InChI=1S/C15H21O4P/c1-2-20(17,18)14-10-6-7-12(11-14)15(16)19-13-8-4-3-5-9-13/h6-7,10-11,13H,2-5,8-9H2,1H3,(H,17,18). The second-order valence-electron chi connectivity index (χ2n) is 5.23. The topological polar surface area (TPSA) is 63.6 Å². The molecule has 0 spiro atoms. The van der Waals surface area contributed by atoms with E-state index >= 15 is 0 Å². The maximum absolute atomic E-state index is 12.1. The monoisotopic (exact) mass is 296 g/mol. The molecule has 2 rings (SSSR count). The van der Waals surface area contributed by atoms with E-state index in [4.69, 9.17) is 4.74 Å². The Kier molecular flexibility index (Phi) is 5.00. The number of carbonyl (C=O) groups excluding carboxylic acids is 1. The van der Waals surface area contributed by atoms with Gasteiger partial charge < -0.3 is 9.63 Å². The molecule has 5 heteroatoms. The van der Waals surface area contributed by atoms with Crippen molar-refractivity contribution in [1.82, 2.24) is 0 Å². The molecule has 1 aromatic carbocycles. The van der Waals surface area contributed by atoms with Gasteiger partial charge in [-0.2, -0.15) is 0 Å². The van der Waals surface area contributed by atoms with Crippen LogP contribution in [0.3, 0.4) is 0 Å². The van der Waals surface area contributed by atoms with E-state index in [2.05, 4.69) is 0 Å². The number of benzene rings is 1. The number of hydrogen-bond donors (Lipinski definition) is 1. The third-order valence-electron chi connectivity index (χ3n) is 3.74. The molecule has 1 saturated carbocycles. The van der Waals surface area contributed by atoms with Gasteiger partial charge in [-0.1, -0.05) is 19.4 Å². The second-order valence-corrected chi connectivity index (χ2v) is 7.79. The molecule has 20 heavy (non-hydrogen) atoms. The van der Waals surface area contributed by atoms with Gasteiger partial charge in [0.1, 0.15) is 6.10 Å². The van der Waals surface area contributed by atoms with Crippen molar-refractivity contribution in [3.63, 3.8) is 0 Å². The third-order valence-corrected chi connectivity index (χ3v) is 5.68. The number of esters is 1. The molecule has 1 N–H and O–H groups in total. The molecule has 0 aliphatic heterocycles. The highest BCUT2D eigenvalue weighted by atomic mass is 31.2. The van der Waals surface area contributed by atoms with Crippen LogP contribution in [0.4, 0.5) is 0 Å². The van der Waals surface area contributed by atoms with Crippen LogP contribution in [-0.2, 0) is 9.30 Å². The van der Waals surface area contributed by atoms with E-state index in [1.54, 1.807) is 25.1 Å². The van der Waals surface area contributed by atoms with Crippen LogP contribution in [0, 0.1) is 0 Å².